The van der Waals surface area contributed by atoms with E-state index in [1.807, 2.05) is 63.6 Å². The Labute approximate surface area is 812 Å². The van der Waals surface area contributed by atoms with Crippen molar-refractivity contribution < 1.29 is 51.5 Å². The number of benzene rings is 2. The van der Waals surface area contributed by atoms with Crippen LogP contribution in [0.1, 0.15) is 265 Å². The van der Waals surface area contributed by atoms with Crippen molar-refractivity contribution >= 4 is 150 Å². The number of allylic oxidation sites excluding steroid dienone is 2. The van der Waals surface area contributed by atoms with Crippen molar-refractivity contribution in [3.63, 3.8) is 0 Å². The molecule has 8 aromatic heterocycles. The van der Waals surface area contributed by atoms with Gasteiger partial charge in [-0.15, -0.1) is 5.10 Å². The molecule has 0 radical (unpaired) electrons. The first-order chi connectivity index (χ1) is 65.4. The number of pyridine rings is 5. The highest BCUT2D eigenvalue weighted by atomic mass is 35.5. The van der Waals surface area contributed by atoms with Crippen LogP contribution in [0, 0.1) is 77.2 Å². The Morgan fingerprint density at radius 2 is 1.01 bits per heavy atom. The largest absolute Gasteiger partial charge is 0.351 e. The summed E-state index contributed by atoms with van der Waals surface area (Å²) in [6.45, 7) is 23.3. The van der Waals surface area contributed by atoms with Crippen molar-refractivity contribution in [1.29, 1.82) is 0 Å². The van der Waals surface area contributed by atoms with Gasteiger partial charge in [-0.1, -0.05) is 92.5 Å². The maximum atomic E-state index is 15.1. The number of nitrogens with zero attached hydrogens (tertiary/aromatic N) is 14. The second kappa shape index (κ2) is 43.4. The Balaban J connectivity index is 0.000000139. The number of aliphatic imine (C=N–C) groups is 1. The van der Waals surface area contributed by atoms with Gasteiger partial charge < -0.3 is 40.3 Å². The summed E-state index contributed by atoms with van der Waals surface area (Å²) in [6, 6.07) is 17.0. The zero-order valence-electron chi connectivity index (χ0n) is 80.3. The standard InChI is InChI=1S/C30H34ClFN4O2.C27H35FN4O2.C24H27ClFN5O2.C24H28ClN5O2/c1-16(2)28-22-9-20(10-24(32)27(22)35-36(28)3)21-11-26(33-15-23(21)31)34-29(38)19-6-4-5-17(7-19)8-25(37)30-12-18(13-30)14-30;1-5-21(33)10-18-7-6-8-19(9-18)27(34)31-25-13-22(17(4)14-29-25)20-11-23(28)26-24(12-20)32(15-30-26)16(2)3;1-13(2)31-21-10-17(9-20(26)23(21)29-30-31)18-11-22(27-12-19(18)25)28-24(33)16-6-4-5-15(8-16)7-14(3)32;1-14(2)30-13-27-21-8-7-20(28-23(21)30)18-11-22(26-12-19(18)25)29-24(32)17-6-4-5-16(10-17)9-15(3)31/h9-11,15-19H,4-8,12-14H2,1-3H3,(H,33,34,38);11-16,18-19,24,26H,5-10H2,1-4H3,(H,29,31,34);9-13,15-16H,4-8H2,1-3H3,(H,27,28,33);7-8,11-14,16-17H,4-6,9-10H2,1-3H3,(H,26,29,32)/t17-,18?,19+,30?;18-,19+,24?,26?;15-,16-;16-,17-/m1100/s1. The lowest BCUT2D eigenvalue weighted by Crippen LogP contribution is -2.57. The molecule has 7 fully saturated rings. The van der Waals surface area contributed by atoms with Gasteiger partial charge in [-0.05, 0) is 289 Å². The van der Waals surface area contributed by atoms with Gasteiger partial charge in [0.2, 0.25) is 23.6 Å². The molecule has 1 aliphatic heterocycles. The van der Waals surface area contributed by atoms with Gasteiger partial charge in [-0.25, -0.2) is 47.8 Å². The highest BCUT2D eigenvalue weighted by molar-refractivity contribution is 6.34. The van der Waals surface area contributed by atoms with Crippen molar-refractivity contribution in [2.75, 3.05) is 21.3 Å². The average molecular weight is 1930 g/mol. The summed E-state index contributed by atoms with van der Waals surface area (Å²) < 4.78 is 50.1. The van der Waals surface area contributed by atoms with E-state index in [0.717, 1.165) is 160 Å². The van der Waals surface area contributed by atoms with E-state index < -0.39 is 17.7 Å². The first-order valence-corrected chi connectivity index (χ1v) is 49.7. The molecule has 2 unspecified atom stereocenters. The van der Waals surface area contributed by atoms with Crippen molar-refractivity contribution in [1.82, 2.24) is 64.1 Å². The Morgan fingerprint density at radius 3 is 1.49 bits per heavy atom. The maximum absolute atomic E-state index is 15.1. The van der Waals surface area contributed by atoms with Gasteiger partial charge in [0.15, 0.2) is 17.3 Å². The van der Waals surface area contributed by atoms with Crippen LogP contribution in [0.15, 0.2) is 115 Å². The number of hydrogen-bond acceptors (Lipinski definition) is 19. The van der Waals surface area contributed by atoms with E-state index >= 15 is 4.39 Å². The summed E-state index contributed by atoms with van der Waals surface area (Å²) in [5.74, 6) is 2.74. The number of fused-ring (bicyclic) bond motifs is 4. The van der Waals surface area contributed by atoms with Gasteiger partial charge in [0.05, 0.1) is 45.0 Å². The number of aryl methyl sites for hydroxylation is 2. The molecule has 19 rings (SSSR count). The summed E-state index contributed by atoms with van der Waals surface area (Å²) in [4.78, 5) is 133. The first kappa shape index (κ1) is 100. The molecule has 0 spiro atoms. The molecule has 10 atom stereocenters. The summed E-state index contributed by atoms with van der Waals surface area (Å²) in [7, 11) is 1.82. The smallest absolute Gasteiger partial charge is 0.228 e. The molecule has 2 bridgehead atoms. The number of rotatable bonds is 26. The van der Waals surface area contributed by atoms with E-state index in [1.54, 1.807) is 72.4 Å². The molecule has 32 heteroatoms. The number of halogens is 6. The minimum absolute atomic E-state index is 0.00225. The number of nitrogens with one attached hydrogen (secondary N) is 4. The van der Waals surface area contributed by atoms with E-state index in [2.05, 4.69) is 119 Å². The number of carbonyl (C=O) groups excluding carboxylic acids is 8. The third-order valence-corrected chi connectivity index (χ3v) is 29.6. The topological polar surface area (TPSA) is 331 Å². The molecule has 4 N–H and O–H groups in total. The Bertz CT molecular complexity index is 6340. The zero-order valence-corrected chi connectivity index (χ0v) is 82.6. The Kier molecular flexibility index (Phi) is 31.7. The molecule has 0 saturated heterocycles. The van der Waals surface area contributed by atoms with Crippen LogP contribution in [-0.2, 0) is 45.4 Å². The fourth-order valence-corrected chi connectivity index (χ4v) is 22.1. The van der Waals surface area contributed by atoms with Gasteiger partial charge >= 0.3 is 0 Å². The molecular formula is C105H124Cl3F3N18O8. The van der Waals surface area contributed by atoms with Gasteiger partial charge in [-0.3, -0.25) is 38.4 Å². The predicted molar refractivity (Wildman–Crippen MR) is 531 cm³/mol. The summed E-state index contributed by atoms with van der Waals surface area (Å²) >= 11 is 19.3. The number of amides is 4. The number of ketones is 4. The molecule has 10 aromatic rings. The van der Waals surface area contributed by atoms with Crippen LogP contribution in [0.5, 0.6) is 0 Å². The molecule has 9 aliphatic rings. The van der Waals surface area contributed by atoms with Gasteiger partial charge in [0, 0.05) is 139 Å². The molecule has 8 aliphatic carbocycles. The fraction of sp³-hybridized carbons (Fsp3) is 0.505. The van der Waals surface area contributed by atoms with Gasteiger partial charge in [0.25, 0.3) is 0 Å². The molecule has 9 heterocycles. The number of hydrogen-bond donors (Lipinski definition) is 4. The molecule has 724 valence electrons. The average Bonchev–Trinajstić information content (AvgIpc) is 0.794. The van der Waals surface area contributed by atoms with Crippen molar-refractivity contribution in [2.24, 2.45) is 70.7 Å². The van der Waals surface area contributed by atoms with Gasteiger partial charge in [0.1, 0.15) is 74.8 Å². The van der Waals surface area contributed by atoms with Gasteiger partial charge in [-0.2, -0.15) is 5.10 Å². The summed E-state index contributed by atoms with van der Waals surface area (Å²) in [5.41, 5.74) is 9.89. The van der Waals surface area contributed by atoms with Crippen LogP contribution in [0.4, 0.5) is 36.4 Å². The number of aromatic nitrogens is 12. The van der Waals surface area contributed by atoms with Crippen LogP contribution in [0.25, 0.3) is 72.2 Å². The van der Waals surface area contributed by atoms with Crippen LogP contribution >= 0.6 is 34.8 Å². The van der Waals surface area contributed by atoms with E-state index in [1.165, 1.54) is 30.7 Å². The van der Waals surface area contributed by atoms with Crippen LogP contribution in [0.3, 0.4) is 0 Å². The molecule has 2 aromatic carbocycles. The molecule has 7 saturated carbocycles. The van der Waals surface area contributed by atoms with Crippen LogP contribution in [-0.4, -0.2) is 135 Å². The van der Waals surface area contributed by atoms with Crippen molar-refractivity contribution in [3.8, 4) is 33.5 Å². The molecule has 26 nitrogen and oxygen atoms in total. The van der Waals surface area contributed by atoms with Crippen molar-refractivity contribution in [3.05, 3.63) is 153 Å². The number of anilines is 4. The molecule has 137 heavy (non-hydrogen) atoms. The Hall–Kier alpha value is -11.3. The van der Waals surface area contributed by atoms with E-state index in [9.17, 15) is 47.1 Å². The first-order valence-electron chi connectivity index (χ1n) is 48.6. The zero-order chi connectivity index (χ0) is 97.7. The number of carbonyl (C=O) groups is 8. The quantitative estimate of drug-likeness (QED) is 0.0391. The molecular weight excluding hydrogens is 1800 g/mol. The van der Waals surface area contributed by atoms with E-state index in [4.69, 9.17) is 39.8 Å². The fourth-order valence-electron chi connectivity index (χ4n) is 21.5. The SMILES string of the molecule is CC(=O)C[C@@H]1CCC[C@H](C(=O)Nc2cc(-c3cc(F)c4nnn(C(C)C)c4c3)c(Cl)cn2)C1.CC(=O)C[C@@H]1CCC[C@H](C(=O)Nc2cc(-c3ccc4ncn(C(C)C)c4n3)c(Cl)cn2)C1.CC(C)c1c2cc(-c3cc(NC(=O)[C@H]4CCC[C@@H](CC(=O)C56CC(C5)C6)C4)ncc3Cl)cc(F)c2nn1C.CCC(=O)C[C@@H]1CCC[C@H](C(=O)Nc2cc(C3=CC4C(N=CN4C(C)C)C(F)=C3)c(C)cn2)C1. The predicted octanol–water partition coefficient (Wildman–Crippen LogP) is 23.3. The van der Waals surface area contributed by atoms with Crippen molar-refractivity contribution in [2.45, 2.75) is 273 Å². The van der Waals surface area contributed by atoms with E-state index in [-0.39, 0.29) is 135 Å². The summed E-state index contributed by atoms with van der Waals surface area (Å²) in [6.07, 6.45) is 33.4. The highest BCUT2D eigenvalue weighted by Crippen LogP contribution is 2.65. The number of imidazole rings is 1. The second-order valence-electron chi connectivity index (χ2n) is 40.4. The second-order valence-corrected chi connectivity index (χ2v) is 41.6. The third kappa shape index (κ3) is 23.3. The monoisotopic (exact) mass is 1930 g/mol. The summed E-state index contributed by atoms with van der Waals surface area (Å²) in [5, 5.41) is 26.1. The maximum Gasteiger partial charge on any atom is 0.228 e. The lowest BCUT2D eigenvalue weighted by Gasteiger charge is -2.61. The van der Waals surface area contributed by atoms with Crippen LogP contribution < -0.4 is 21.3 Å². The normalized spacial score (nSPS) is 22.6. The van der Waals surface area contributed by atoms with Crippen LogP contribution in [0.2, 0.25) is 15.1 Å². The lowest BCUT2D eigenvalue weighted by molar-refractivity contribution is -0.164. The molecule has 4 amide bonds. The lowest BCUT2D eigenvalue weighted by atomic mass is 9.42. The number of Topliss-reactive ketones (excluding diaryl/α,β-unsaturated/α-hetero) is 4. The highest BCUT2D eigenvalue weighted by Gasteiger charge is 2.61. The third-order valence-electron chi connectivity index (χ3n) is 28.7. The van der Waals surface area contributed by atoms with E-state index in [0.29, 0.717) is 127 Å². The minimum atomic E-state index is -0.494. The minimum Gasteiger partial charge on any atom is -0.351 e. The Morgan fingerprint density at radius 1 is 0.540 bits per heavy atom.